The van der Waals surface area contributed by atoms with Crippen LogP contribution in [-0.4, -0.2) is 34.3 Å². The van der Waals surface area contributed by atoms with Gasteiger partial charge in [-0.3, -0.25) is 9.58 Å². The van der Waals surface area contributed by atoms with E-state index in [2.05, 4.69) is 75.5 Å². The van der Waals surface area contributed by atoms with E-state index in [0.29, 0.717) is 0 Å². The van der Waals surface area contributed by atoms with Crippen LogP contribution in [0.3, 0.4) is 0 Å². The van der Waals surface area contributed by atoms with Crippen molar-refractivity contribution >= 4 is 16.5 Å². The molecule has 0 spiro atoms. The fourth-order valence-corrected chi connectivity index (χ4v) is 3.57. The maximum atomic E-state index is 4.63. The van der Waals surface area contributed by atoms with E-state index in [9.17, 15) is 0 Å². The maximum absolute atomic E-state index is 4.63. The lowest BCUT2D eigenvalue weighted by atomic mass is 9.99. The fraction of sp³-hybridized carbons (Fsp3) is 0.318. The van der Waals surface area contributed by atoms with Gasteiger partial charge in [0.2, 0.25) is 0 Å². The topological polar surface area (TPSA) is 21.1 Å². The van der Waals surface area contributed by atoms with Gasteiger partial charge in [-0.15, -0.1) is 0 Å². The van der Waals surface area contributed by atoms with Gasteiger partial charge in [0.1, 0.15) is 0 Å². The number of rotatable bonds is 6. The molecule has 1 aliphatic rings. The summed E-state index contributed by atoms with van der Waals surface area (Å²) in [6.07, 6.45) is 8.13. The van der Waals surface area contributed by atoms with Crippen LogP contribution in [0.15, 0.2) is 66.9 Å². The Bertz CT molecular complexity index is 815. The molecule has 3 nitrogen and oxygen atoms in total. The lowest BCUT2D eigenvalue weighted by Crippen LogP contribution is -2.29. The number of hydrogen-bond acceptors (Lipinski definition) is 2. The highest BCUT2D eigenvalue weighted by Crippen LogP contribution is 2.22. The van der Waals surface area contributed by atoms with Gasteiger partial charge in [-0.05, 0) is 43.0 Å². The molecule has 25 heavy (non-hydrogen) atoms. The second kappa shape index (κ2) is 7.66. The van der Waals surface area contributed by atoms with Gasteiger partial charge < -0.3 is 0 Å². The minimum Gasteiger partial charge on any atom is -0.299 e. The Morgan fingerprint density at radius 3 is 2.48 bits per heavy atom. The van der Waals surface area contributed by atoms with Crippen molar-refractivity contribution < 1.29 is 0 Å². The average Bonchev–Trinajstić information content (AvgIpc) is 3.09. The molecule has 0 aliphatic carbocycles. The molecule has 0 saturated heterocycles. The molecule has 128 valence electrons. The SMILES string of the molecule is C1=C(c2ccccc2)CCN(CCCCn2cc3ccccc3n2)C1. The zero-order valence-corrected chi connectivity index (χ0v) is 14.6. The Kier molecular flexibility index (Phi) is 4.93. The van der Waals surface area contributed by atoms with Crippen molar-refractivity contribution in [3.63, 3.8) is 0 Å². The molecule has 2 heterocycles. The van der Waals surface area contributed by atoms with Gasteiger partial charge in [0.05, 0.1) is 5.52 Å². The van der Waals surface area contributed by atoms with E-state index in [-0.39, 0.29) is 0 Å². The summed E-state index contributed by atoms with van der Waals surface area (Å²) in [5.41, 5.74) is 3.98. The summed E-state index contributed by atoms with van der Waals surface area (Å²) in [4.78, 5) is 2.56. The van der Waals surface area contributed by atoms with Crippen molar-refractivity contribution in [2.75, 3.05) is 19.6 Å². The highest BCUT2D eigenvalue weighted by atomic mass is 15.3. The summed E-state index contributed by atoms with van der Waals surface area (Å²) in [7, 11) is 0. The first kappa shape index (κ1) is 16.1. The Balaban J connectivity index is 1.22. The summed E-state index contributed by atoms with van der Waals surface area (Å²) in [5, 5.41) is 5.87. The van der Waals surface area contributed by atoms with Crippen LogP contribution in [-0.2, 0) is 6.54 Å². The minimum absolute atomic E-state index is 1.01. The van der Waals surface area contributed by atoms with Crippen molar-refractivity contribution in [3.8, 4) is 0 Å². The summed E-state index contributed by atoms with van der Waals surface area (Å²) >= 11 is 0. The average molecular weight is 331 g/mol. The highest BCUT2D eigenvalue weighted by Gasteiger charge is 2.12. The highest BCUT2D eigenvalue weighted by molar-refractivity contribution is 5.77. The molecule has 0 fully saturated rings. The number of hydrogen-bond donors (Lipinski definition) is 0. The van der Waals surface area contributed by atoms with Gasteiger partial charge in [0.25, 0.3) is 0 Å². The molecule has 1 aromatic heterocycles. The number of aromatic nitrogens is 2. The first-order chi connectivity index (χ1) is 12.4. The van der Waals surface area contributed by atoms with Gasteiger partial charge in [-0.1, -0.05) is 54.6 Å². The fourth-order valence-electron chi connectivity index (χ4n) is 3.57. The summed E-state index contributed by atoms with van der Waals surface area (Å²) in [6.45, 7) is 4.44. The molecule has 2 aromatic carbocycles. The monoisotopic (exact) mass is 331 g/mol. The van der Waals surface area contributed by atoms with Crippen LogP contribution in [0.2, 0.25) is 0 Å². The molecular weight excluding hydrogens is 306 g/mol. The second-order valence-corrected chi connectivity index (χ2v) is 6.80. The number of aryl methyl sites for hydroxylation is 1. The van der Waals surface area contributed by atoms with Crippen molar-refractivity contribution in [2.24, 2.45) is 0 Å². The van der Waals surface area contributed by atoms with Crippen LogP contribution in [0.4, 0.5) is 0 Å². The molecule has 1 aliphatic heterocycles. The molecule has 0 bridgehead atoms. The van der Waals surface area contributed by atoms with Gasteiger partial charge in [0.15, 0.2) is 0 Å². The normalized spacial score (nSPS) is 15.4. The smallest absolute Gasteiger partial charge is 0.0923 e. The van der Waals surface area contributed by atoms with Crippen LogP contribution < -0.4 is 0 Å². The van der Waals surface area contributed by atoms with E-state index in [1.54, 1.807) is 0 Å². The Morgan fingerprint density at radius 1 is 0.880 bits per heavy atom. The number of fused-ring (bicyclic) bond motifs is 1. The predicted octanol–water partition coefficient (Wildman–Crippen LogP) is 4.61. The molecule has 3 aromatic rings. The number of unbranched alkanes of at least 4 members (excludes halogenated alkanes) is 1. The third-order valence-corrected chi connectivity index (χ3v) is 5.01. The lowest BCUT2D eigenvalue weighted by Gasteiger charge is -2.26. The van der Waals surface area contributed by atoms with Crippen molar-refractivity contribution in [1.82, 2.24) is 14.7 Å². The first-order valence-electron chi connectivity index (χ1n) is 9.27. The standard InChI is InChI=1S/C22H25N3/c1-2-8-19(9-3-1)20-12-16-24(17-13-20)14-6-7-15-25-18-21-10-4-5-11-22(21)23-25/h1-5,8-12,18H,6-7,13-17H2. The maximum Gasteiger partial charge on any atom is 0.0923 e. The van der Waals surface area contributed by atoms with Gasteiger partial charge in [-0.25, -0.2) is 0 Å². The van der Waals surface area contributed by atoms with Gasteiger partial charge in [-0.2, -0.15) is 5.10 Å². The van der Waals surface area contributed by atoms with Crippen molar-refractivity contribution in [2.45, 2.75) is 25.8 Å². The van der Waals surface area contributed by atoms with Crippen LogP contribution in [0, 0.1) is 0 Å². The first-order valence-corrected chi connectivity index (χ1v) is 9.27. The summed E-state index contributed by atoms with van der Waals surface area (Å²) < 4.78 is 2.09. The van der Waals surface area contributed by atoms with E-state index < -0.39 is 0 Å². The van der Waals surface area contributed by atoms with Crippen LogP contribution in [0.5, 0.6) is 0 Å². The van der Waals surface area contributed by atoms with E-state index >= 15 is 0 Å². The number of benzene rings is 2. The third-order valence-electron chi connectivity index (χ3n) is 5.01. The summed E-state index contributed by atoms with van der Waals surface area (Å²) in [6, 6.07) is 19.1. The second-order valence-electron chi connectivity index (χ2n) is 6.80. The van der Waals surface area contributed by atoms with Gasteiger partial charge >= 0.3 is 0 Å². The van der Waals surface area contributed by atoms with E-state index in [1.807, 2.05) is 6.07 Å². The van der Waals surface area contributed by atoms with Crippen LogP contribution in [0.1, 0.15) is 24.8 Å². The molecular formula is C22H25N3. The molecule has 0 atom stereocenters. The largest absolute Gasteiger partial charge is 0.299 e. The van der Waals surface area contributed by atoms with E-state index in [4.69, 9.17) is 0 Å². The van der Waals surface area contributed by atoms with E-state index in [0.717, 1.165) is 25.0 Å². The Morgan fingerprint density at radius 2 is 1.68 bits per heavy atom. The Hall–Kier alpha value is -2.39. The molecule has 0 saturated carbocycles. The molecule has 3 heteroatoms. The zero-order chi connectivity index (χ0) is 16.9. The van der Waals surface area contributed by atoms with Crippen LogP contribution in [0.25, 0.3) is 16.5 Å². The molecule has 4 rings (SSSR count). The quantitative estimate of drug-likeness (QED) is 0.615. The number of nitrogens with zero attached hydrogens (tertiary/aromatic N) is 3. The minimum atomic E-state index is 1.01. The lowest BCUT2D eigenvalue weighted by molar-refractivity contribution is 0.291. The Labute approximate surface area is 149 Å². The molecule has 0 unspecified atom stereocenters. The zero-order valence-electron chi connectivity index (χ0n) is 14.6. The predicted molar refractivity (Wildman–Crippen MR) is 104 cm³/mol. The molecule has 0 amide bonds. The van der Waals surface area contributed by atoms with E-state index in [1.165, 1.54) is 42.5 Å². The summed E-state index contributed by atoms with van der Waals surface area (Å²) in [5.74, 6) is 0. The van der Waals surface area contributed by atoms with Crippen molar-refractivity contribution in [3.05, 3.63) is 72.4 Å². The third kappa shape index (κ3) is 3.99. The molecule has 0 N–H and O–H groups in total. The molecule has 0 radical (unpaired) electrons. The van der Waals surface area contributed by atoms with Crippen molar-refractivity contribution in [1.29, 1.82) is 0 Å². The van der Waals surface area contributed by atoms with Gasteiger partial charge in [0, 0.05) is 31.2 Å². The van der Waals surface area contributed by atoms with Crippen LogP contribution >= 0.6 is 0 Å².